The summed E-state index contributed by atoms with van der Waals surface area (Å²) in [4.78, 5) is 24.3. The smallest absolute Gasteiger partial charge is 0.344 e. The molecule has 0 unspecified atom stereocenters. The van der Waals surface area contributed by atoms with Crippen LogP contribution in [0.2, 0.25) is 0 Å². The van der Waals surface area contributed by atoms with E-state index in [4.69, 9.17) is 18.6 Å². The number of carbonyl (C=O) groups excluding carboxylic acids is 1. The first kappa shape index (κ1) is 19.5. The molecule has 0 saturated carbocycles. The van der Waals surface area contributed by atoms with E-state index in [1.54, 1.807) is 32.0 Å². The lowest BCUT2D eigenvalue weighted by atomic mass is 10.1. The van der Waals surface area contributed by atoms with Crippen molar-refractivity contribution >= 4 is 16.9 Å². The van der Waals surface area contributed by atoms with Gasteiger partial charge in [-0.2, -0.15) is 0 Å². The molecule has 28 heavy (non-hydrogen) atoms. The van der Waals surface area contributed by atoms with Crippen molar-refractivity contribution in [1.82, 2.24) is 0 Å². The fraction of sp³-hybridized carbons (Fsp3) is 0.273. The molecule has 0 saturated heterocycles. The summed E-state index contributed by atoms with van der Waals surface area (Å²) in [7, 11) is 0. The molecule has 0 bridgehead atoms. The topological polar surface area (TPSA) is 75.0 Å². The van der Waals surface area contributed by atoms with Crippen LogP contribution in [0.5, 0.6) is 17.2 Å². The third-order valence-corrected chi connectivity index (χ3v) is 3.86. The molecule has 0 amide bonds. The number of benzene rings is 2. The molecule has 0 aliphatic heterocycles. The SMILES string of the molecule is Cc1cc(C)cc(Oc2coc3cc(OCC(=O)OC(C)C)ccc3c2=O)c1. The Morgan fingerprint density at radius 1 is 1.04 bits per heavy atom. The number of hydrogen-bond acceptors (Lipinski definition) is 6. The highest BCUT2D eigenvalue weighted by Crippen LogP contribution is 2.25. The molecular formula is C22H22O6. The molecule has 0 fully saturated rings. The van der Waals surface area contributed by atoms with Crippen molar-refractivity contribution in [3.05, 3.63) is 64.0 Å². The second-order valence-corrected chi connectivity index (χ2v) is 6.84. The van der Waals surface area contributed by atoms with Gasteiger partial charge in [-0.25, -0.2) is 4.79 Å². The van der Waals surface area contributed by atoms with Gasteiger partial charge in [0.25, 0.3) is 0 Å². The Morgan fingerprint density at radius 3 is 2.43 bits per heavy atom. The van der Waals surface area contributed by atoms with E-state index >= 15 is 0 Å². The fourth-order valence-electron chi connectivity index (χ4n) is 2.81. The zero-order valence-electron chi connectivity index (χ0n) is 16.3. The largest absolute Gasteiger partial charge is 0.482 e. The van der Waals surface area contributed by atoms with E-state index in [2.05, 4.69) is 0 Å². The van der Waals surface area contributed by atoms with E-state index in [1.807, 2.05) is 32.0 Å². The maximum Gasteiger partial charge on any atom is 0.344 e. The summed E-state index contributed by atoms with van der Waals surface area (Å²) in [5.74, 6) is 0.618. The van der Waals surface area contributed by atoms with Crippen LogP contribution in [0, 0.1) is 13.8 Å². The van der Waals surface area contributed by atoms with Crippen molar-refractivity contribution in [2.45, 2.75) is 33.8 Å². The van der Waals surface area contributed by atoms with Gasteiger partial charge in [0.05, 0.1) is 11.5 Å². The highest BCUT2D eigenvalue weighted by molar-refractivity contribution is 5.79. The van der Waals surface area contributed by atoms with E-state index in [1.165, 1.54) is 6.26 Å². The predicted octanol–water partition coefficient (Wildman–Crippen LogP) is 4.53. The van der Waals surface area contributed by atoms with Gasteiger partial charge in [0, 0.05) is 6.07 Å². The summed E-state index contributed by atoms with van der Waals surface area (Å²) < 4.78 is 21.7. The van der Waals surface area contributed by atoms with Gasteiger partial charge in [0.15, 0.2) is 6.61 Å². The first-order chi connectivity index (χ1) is 13.3. The highest BCUT2D eigenvalue weighted by atomic mass is 16.6. The van der Waals surface area contributed by atoms with Crippen LogP contribution in [0.25, 0.3) is 11.0 Å². The summed E-state index contributed by atoms with van der Waals surface area (Å²) in [6, 6.07) is 10.5. The molecule has 0 N–H and O–H groups in total. The van der Waals surface area contributed by atoms with E-state index in [0.717, 1.165) is 11.1 Å². The molecule has 0 aliphatic rings. The lowest BCUT2D eigenvalue weighted by molar-refractivity contribution is -0.149. The van der Waals surface area contributed by atoms with E-state index in [-0.39, 0.29) is 23.9 Å². The van der Waals surface area contributed by atoms with Crippen molar-refractivity contribution in [3.63, 3.8) is 0 Å². The Morgan fingerprint density at radius 2 is 1.75 bits per heavy atom. The summed E-state index contributed by atoms with van der Waals surface area (Å²) in [5.41, 5.74) is 2.13. The molecule has 0 aliphatic carbocycles. The second kappa shape index (κ2) is 8.17. The predicted molar refractivity (Wildman–Crippen MR) is 105 cm³/mol. The second-order valence-electron chi connectivity index (χ2n) is 6.84. The Kier molecular flexibility index (Phi) is 5.68. The lowest BCUT2D eigenvalue weighted by Gasteiger charge is -2.10. The van der Waals surface area contributed by atoms with E-state index < -0.39 is 5.97 Å². The summed E-state index contributed by atoms with van der Waals surface area (Å²) in [6.07, 6.45) is 1.07. The number of aryl methyl sites for hydroxylation is 2. The van der Waals surface area contributed by atoms with Crippen molar-refractivity contribution in [1.29, 1.82) is 0 Å². The average molecular weight is 382 g/mol. The summed E-state index contributed by atoms with van der Waals surface area (Å²) in [6.45, 7) is 7.23. The summed E-state index contributed by atoms with van der Waals surface area (Å²) in [5, 5.41) is 0.360. The number of hydrogen-bond donors (Lipinski definition) is 0. The Hall–Kier alpha value is -3.28. The van der Waals surface area contributed by atoms with Crippen LogP contribution >= 0.6 is 0 Å². The number of fused-ring (bicyclic) bond motifs is 1. The molecule has 0 radical (unpaired) electrons. The van der Waals surface area contributed by atoms with Crippen molar-refractivity contribution in [2.24, 2.45) is 0 Å². The van der Waals surface area contributed by atoms with Crippen LogP contribution < -0.4 is 14.9 Å². The van der Waals surface area contributed by atoms with Crippen molar-refractivity contribution in [2.75, 3.05) is 6.61 Å². The molecule has 1 heterocycles. The molecule has 146 valence electrons. The highest BCUT2D eigenvalue weighted by Gasteiger charge is 2.12. The monoisotopic (exact) mass is 382 g/mol. The summed E-state index contributed by atoms with van der Waals surface area (Å²) >= 11 is 0. The Bertz CT molecular complexity index is 1040. The van der Waals surface area contributed by atoms with Crippen LogP contribution in [0.4, 0.5) is 0 Å². The molecule has 6 nitrogen and oxygen atoms in total. The van der Waals surface area contributed by atoms with Gasteiger partial charge in [-0.05, 0) is 63.1 Å². The maximum atomic E-state index is 12.7. The first-order valence-corrected chi connectivity index (χ1v) is 8.96. The van der Waals surface area contributed by atoms with Gasteiger partial charge >= 0.3 is 5.97 Å². The zero-order valence-corrected chi connectivity index (χ0v) is 16.3. The number of rotatable bonds is 6. The molecule has 2 aromatic carbocycles. The van der Waals surface area contributed by atoms with Crippen molar-refractivity contribution < 1.29 is 23.4 Å². The first-order valence-electron chi connectivity index (χ1n) is 8.96. The van der Waals surface area contributed by atoms with Gasteiger partial charge in [0.1, 0.15) is 23.3 Å². The van der Waals surface area contributed by atoms with Crippen LogP contribution in [-0.4, -0.2) is 18.7 Å². The molecule has 3 aromatic rings. The Balaban J connectivity index is 1.80. The van der Waals surface area contributed by atoms with Gasteiger partial charge in [-0.1, -0.05) is 6.07 Å². The molecule has 3 rings (SSSR count). The molecule has 6 heteroatoms. The third kappa shape index (κ3) is 4.71. The maximum absolute atomic E-state index is 12.7. The minimum absolute atomic E-state index is 0.103. The van der Waals surface area contributed by atoms with Crippen LogP contribution in [0.3, 0.4) is 0 Å². The van der Waals surface area contributed by atoms with Crippen LogP contribution in [0.15, 0.2) is 51.9 Å². The minimum atomic E-state index is -0.464. The molecular weight excluding hydrogens is 360 g/mol. The van der Waals surface area contributed by atoms with Gasteiger partial charge in [-0.15, -0.1) is 0 Å². The third-order valence-electron chi connectivity index (χ3n) is 3.86. The molecule has 0 atom stereocenters. The Labute approximate surface area is 162 Å². The quantitative estimate of drug-likeness (QED) is 0.583. The van der Waals surface area contributed by atoms with E-state index in [9.17, 15) is 9.59 Å². The molecule has 1 aromatic heterocycles. The van der Waals surface area contributed by atoms with Crippen LogP contribution in [0.1, 0.15) is 25.0 Å². The standard InChI is InChI=1S/C22H22O6/c1-13(2)27-21(23)12-25-16-5-6-18-19(10-16)26-11-20(22(18)24)28-17-8-14(3)7-15(4)9-17/h5-11,13H,12H2,1-4H3. The minimum Gasteiger partial charge on any atom is -0.482 e. The lowest BCUT2D eigenvalue weighted by Crippen LogP contribution is -2.18. The van der Waals surface area contributed by atoms with Gasteiger partial charge in [0.2, 0.25) is 11.2 Å². The van der Waals surface area contributed by atoms with Gasteiger partial charge < -0.3 is 18.6 Å². The van der Waals surface area contributed by atoms with Gasteiger partial charge in [-0.3, -0.25) is 4.79 Å². The molecule has 0 spiro atoms. The average Bonchev–Trinajstić information content (AvgIpc) is 2.61. The number of esters is 1. The van der Waals surface area contributed by atoms with Crippen molar-refractivity contribution in [3.8, 4) is 17.2 Å². The number of ether oxygens (including phenoxy) is 3. The zero-order chi connectivity index (χ0) is 20.3. The normalized spacial score (nSPS) is 10.9. The van der Waals surface area contributed by atoms with E-state index in [0.29, 0.717) is 22.5 Å². The fourth-order valence-corrected chi connectivity index (χ4v) is 2.81. The van der Waals surface area contributed by atoms with Crippen LogP contribution in [-0.2, 0) is 9.53 Å². The number of carbonyl (C=O) groups is 1.